The number of fused-ring (bicyclic) bond motifs is 1. The summed E-state index contributed by atoms with van der Waals surface area (Å²) in [7, 11) is 0. The van der Waals surface area contributed by atoms with Crippen LogP contribution in [-0.2, 0) is 0 Å². The fraction of sp³-hybridized carbons (Fsp3) is 0.308. The minimum atomic E-state index is -0.954. The van der Waals surface area contributed by atoms with Gasteiger partial charge in [-0.2, -0.15) is 0 Å². The van der Waals surface area contributed by atoms with E-state index in [9.17, 15) is 10.1 Å². The largest absolute Gasteiger partial charge is 0.394 e. The molecule has 108 valence electrons. The van der Waals surface area contributed by atoms with Gasteiger partial charge in [0.25, 0.3) is 5.69 Å². The third-order valence-electron chi connectivity index (χ3n) is 2.58. The number of aromatic nitrogens is 1. The predicted molar refractivity (Wildman–Crippen MR) is 73.3 cm³/mol. The number of hydrogen-bond acceptors (Lipinski definition) is 6. The Labute approximate surface area is 115 Å². The molecule has 0 spiro atoms. The van der Waals surface area contributed by atoms with Crippen molar-refractivity contribution in [3.63, 3.8) is 0 Å². The van der Waals surface area contributed by atoms with Crippen LogP contribution >= 0.6 is 0 Å². The molecule has 0 aliphatic rings. The molecule has 2 aromatic rings. The fourth-order valence-electron chi connectivity index (χ4n) is 1.51. The second-order valence-corrected chi connectivity index (χ2v) is 4.08. The second kappa shape index (κ2) is 7.49. The van der Waals surface area contributed by atoms with Gasteiger partial charge in [0.15, 0.2) is 0 Å². The number of nitrogens with zero attached hydrogens (tertiary/aromatic N) is 2. The molecule has 0 saturated carbocycles. The second-order valence-electron chi connectivity index (χ2n) is 4.08. The van der Waals surface area contributed by atoms with Gasteiger partial charge in [0.05, 0.1) is 18.1 Å². The van der Waals surface area contributed by atoms with Crippen molar-refractivity contribution in [2.45, 2.75) is 13.0 Å². The zero-order valence-corrected chi connectivity index (χ0v) is 10.9. The van der Waals surface area contributed by atoms with Gasteiger partial charge in [-0.15, -0.1) is 0 Å². The average Bonchev–Trinajstić information content (AvgIpc) is 2.47. The monoisotopic (exact) mass is 280 g/mol. The molecule has 0 fully saturated rings. The van der Waals surface area contributed by atoms with Crippen molar-refractivity contribution in [2.24, 2.45) is 0 Å². The number of rotatable bonds is 3. The normalized spacial score (nSPS) is 10.2. The number of nitro groups is 1. The van der Waals surface area contributed by atoms with Crippen LogP contribution in [0, 0.1) is 17.0 Å². The van der Waals surface area contributed by atoms with Crippen LogP contribution in [-0.4, -0.2) is 44.5 Å². The zero-order valence-electron chi connectivity index (χ0n) is 10.9. The summed E-state index contributed by atoms with van der Waals surface area (Å²) in [6, 6.07) is 6.84. The van der Waals surface area contributed by atoms with Crippen molar-refractivity contribution in [3.05, 3.63) is 46.1 Å². The molecule has 1 aromatic carbocycles. The summed E-state index contributed by atoms with van der Waals surface area (Å²) in [5, 5.41) is 35.5. The Morgan fingerprint density at radius 1 is 1.30 bits per heavy atom. The summed E-state index contributed by atoms with van der Waals surface area (Å²) >= 11 is 0. The third-order valence-corrected chi connectivity index (χ3v) is 2.58. The van der Waals surface area contributed by atoms with Crippen LogP contribution < -0.4 is 0 Å². The molecule has 1 heterocycles. The van der Waals surface area contributed by atoms with Gasteiger partial charge >= 0.3 is 0 Å². The molecule has 0 aliphatic heterocycles. The highest BCUT2D eigenvalue weighted by atomic mass is 16.6. The summed E-state index contributed by atoms with van der Waals surface area (Å²) in [5.74, 6) is 0. The summed E-state index contributed by atoms with van der Waals surface area (Å²) in [5.41, 5.74) is 1.52. The molecule has 3 N–H and O–H groups in total. The fourth-order valence-corrected chi connectivity index (χ4v) is 1.51. The van der Waals surface area contributed by atoms with E-state index in [1.54, 1.807) is 18.3 Å². The van der Waals surface area contributed by atoms with Crippen LogP contribution in [0.25, 0.3) is 10.9 Å². The van der Waals surface area contributed by atoms with E-state index in [0.29, 0.717) is 5.52 Å². The van der Waals surface area contributed by atoms with E-state index in [4.69, 9.17) is 15.3 Å². The van der Waals surface area contributed by atoms with Gasteiger partial charge in [0.1, 0.15) is 11.6 Å². The first-order valence-electron chi connectivity index (χ1n) is 5.89. The summed E-state index contributed by atoms with van der Waals surface area (Å²) < 4.78 is 0. The minimum absolute atomic E-state index is 0.0613. The van der Waals surface area contributed by atoms with Crippen molar-refractivity contribution in [2.75, 3.05) is 13.2 Å². The minimum Gasteiger partial charge on any atom is -0.394 e. The Morgan fingerprint density at radius 3 is 2.45 bits per heavy atom. The van der Waals surface area contributed by atoms with Gasteiger partial charge in [-0.1, -0.05) is 12.1 Å². The van der Waals surface area contributed by atoms with Gasteiger partial charge in [-0.05, 0) is 18.6 Å². The van der Waals surface area contributed by atoms with E-state index in [0.717, 1.165) is 10.9 Å². The molecule has 0 unspecified atom stereocenters. The molecule has 0 amide bonds. The molecular weight excluding hydrogens is 264 g/mol. The SMILES string of the molecule is Cc1ccc([N+](=O)[O-])c2ncccc12.OCC(O)CO. The van der Waals surface area contributed by atoms with Crippen molar-refractivity contribution in [1.29, 1.82) is 0 Å². The van der Waals surface area contributed by atoms with Crippen molar-refractivity contribution < 1.29 is 20.2 Å². The van der Waals surface area contributed by atoms with Gasteiger partial charge in [0, 0.05) is 17.6 Å². The number of non-ortho nitro benzene ring substituents is 1. The number of aliphatic hydroxyl groups is 3. The van der Waals surface area contributed by atoms with Crippen LogP contribution in [0.4, 0.5) is 5.69 Å². The topological polar surface area (TPSA) is 117 Å². The zero-order chi connectivity index (χ0) is 15.1. The number of hydrogen-bond donors (Lipinski definition) is 3. The van der Waals surface area contributed by atoms with Gasteiger partial charge in [-0.3, -0.25) is 10.1 Å². The molecule has 7 heteroatoms. The Bertz CT molecular complexity index is 584. The number of benzene rings is 1. The molecule has 0 bridgehead atoms. The van der Waals surface area contributed by atoms with Crippen LogP contribution in [0.3, 0.4) is 0 Å². The average molecular weight is 280 g/mol. The van der Waals surface area contributed by atoms with Gasteiger partial charge in [-0.25, -0.2) is 4.98 Å². The molecule has 20 heavy (non-hydrogen) atoms. The van der Waals surface area contributed by atoms with Crippen LogP contribution in [0.1, 0.15) is 5.56 Å². The van der Waals surface area contributed by atoms with Crippen molar-refractivity contribution in [1.82, 2.24) is 4.98 Å². The van der Waals surface area contributed by atoms with E-state index < -0.39 is 11.0 Å². The predicted octanol–water partition coefficient (Wildman–Crippen LogP) is 0.783. The maximum Gasteiger partial charge on any atom is 0.295 e. The highest BCUT2D eigenvalue weighted by molar-refractivity contribution is 5.89. The lowest BCUT2D eigenvalue weighted by molar-refractivity contribution is -0.383. The smallest absolute Gasteiger partial charge is 0.295 e. The van der Waals surface area contributed by atoms with Crippen molar-refractivity contribution in [3.8, 4) is 0 Å². The third kappa shape index (κ3) is 3.95. The molecule has 0 aliphatic carbocycles. The van der Waals surface area contributed by atoms with E-state index in [2.05, 4.69) is 4.98 Å². The first-order chi connectivity index (χ1) is 9.51. The Kier molecular flexibility index (Phi) is 5.98. The number of aryl methyl sites for hydroxylation is 1. The van der Waals surface area contributed by atoms with E-state index >= 15 is 0 Å². The number of nitro benzene ring substituents is 1. The number of aliphatic hydroxyl groups excluding tert-OH is 3. The standard InChI is InChI=1S/C10H8N2O2.C3H8O3/c1-7-4-5-9(12(13)14)10-8(7)3-2-6-11-10;4-1-3(6)2-5/h2-6H,1H3;3-6H,1-2H2. The lowest BCUT2D eigenvalue weighted by Gasteiger charge is -2.00. The Balaban J connectivity index is 0.000000286. The Hall–Kier alpha value is -2.09. The van der Waals surface area contributed by atoms with Crippen LogP contribution in [0.2, 0.25) is 0 Å². The summed E-state index contributed by atoms with van der Waals surface area (Å²) in [4.78, 5) is 14.3. The maximum atomic E-state index is 10.7. The molecule has 0 saturated heterocycles. The van der Waals surface area contributed by atoms with E-state index in [1.807, 2.05) is 13.0 Å². The Morgan fingerprint density at radius 2 is 1.95 bits per heavy atom. The van der Waals surface area contributed by atoms with Gasteiger partial charge in [0.2, 0.25) is 0 Å². The highest BCUT2D eigenvalue weighted by Crippen LogP contribution is 2.25. The summed E-state index contributed by atoms with van der Waals surface area (Å²) in [6.45, 7) is 1.18. The van der Waals surface area contributed by atoms with Crippen molar-refractivity contribution >= 4 is 16.6 Å². The van der Waals surface area contributed by atoms with Crippen LogP contribution in [0.5, 0.6) is 0 Å². The quantitative estimate of drug-likeness (QED) is 0.565. The van der Waals surface area contributed by atoms with E-state index in [-0.39, 0.29) is 18.9 Å². The molecule has 7 nitrogen and oxygen atoms in total. The molecule has 1 aromatic heterocycles. The highest BCUT2D eigenvalue weighted by Gasteiger charge is 2.12. The molecular formula is C13H16N2O5. The lowest BCUT2D eigenvalue weighted by Crippen LogP contribution is -2.15. The van der Waals surface area contributed by atoms with Crippen LogP contribution in [0.15, 0.2) is 30.5 Å². The first-order valence-corrected chi connectivity index (χ1v) is 5.89. The van der Waals surface area contributed by atoms with E-state index in [1.165, 1.54) is 6.07 Å². The number of pyridine rings is 1. The molecule has 0 atom stereocenters. The lowest BCUT2D eigenvalue weighted by atomic mass is 10.1. The molecule has 2 rings (SSSR count). The maximum absolute atomic E-state index is 10.7. The first kappa shape index (κ1) is 16.0. The molecule has 0 radical (unpaired) electrons. The summed E-state index contributed by atoms with van der Waals surface area (Å²) in [6.07, 6.45) is 0.611. The van der Waals surface area contributed by atoms with Gasteiger partial charge < -0.3 is 15.3 Å².